The predicted octanol–water partition coefficient (Wildman–Crippen LogP) is -0.889. The van der Waals surface area contributed by atoms with Gasteiger partial charge in [0.25, 0.3) is 0 Å². The molecule has 0 saturated carbocycles. The highest BCUT2D eigenvalue weighted by Crippen LogP contribution is 2.13. The van der Waals surface area contributed by atoms with Gasteiger partial charge in [0.2, 0.25) is 17.7 Å². The molecule has 0 saturated heterocycles. The molecule has 0 bridgehead atoms. The molecule has 0 aliphatic rings. The van der Waals surface area contributed by atoms with E-state index in [1.54, 1.807) is 0 Å². The fourth-order valence-corrected chi connectivity index (χ4v) is 4.73. The first kappa shape index (κ1) is 33.3. The van der Waals surface area contributed by atoms with Crippen molar-refractivity contribution in [3.05, 3.63) is 0 Å². The highest BCUT2D eigenvalue weighted by molar-refractivity contribution is 8.72. The lowest BCUT2D eigenvalue weighted by atomic mass is 10.4. The highest BCUT2D eigenvalue weighted by Gasteiger charge is 2.18. The minimum absolute atomic E-state index is 0.154. The predicted molar refractivity (Wildman–Crippen MR) is 126 cm³/mol. The summed E-state index contributed by atoms with van der Waals surface area (Å²) in [5, 5.41) is 0. The molecule has 0 aromatic carbocycles. The Balaban J connectivity index is 4.84. The summed E-state index contributed by atoms with van der Waals surface area (Å²) < 4.78 is 116. The average molecular weight is 599 g/mol. The summed E-state index contributed by atoms with van der Waals surface area (Å²) in [7, 11) is -12.5. The number of rotatable bonds is 20. The van der Waals surface area contributed by atoms with Gasteiger partial charge >= 0.3 is 0 Å². The molecule has 0 radical (unpaired) electrons. The molecular formula is C14H30O13S6. The van der Waals surface area contributed by atoms with E-state index in [4.69, 9.17) is 23.7 Å². The van der Waals surface area contributed by atoms with E-state index in [-0.39, 0.29) is 38.3 Å². The third kappa shape index (κ3) is 25.2. The molecular weight excluding hydrogens is 569 g/mol. The van der Waals surface area contributed by atoms with Crippen LogP contribution in [0.2, 0.25) is 0 Å². The molecule has 19 heteroatoms. The molecule has 0 fully saturated rings. The van der Waals surface area contributed by atoms with Gasteiger partial charge in [-0.1, -0.05) is 0 Å². The lowest BCUT2D eigenvalue weighted by Gasteiger charge is -2.21. The van der Waals surface area contributed by atoms with Crippen molar-refractivity contribution in [3.63, 3.8) is 0 Å². The molecule has 0 heterocycles. The topological polar surface area (TPSA) is 183 Å². The Kier molecular flexibility index (Phi) is 15.6. The monoisotopic (exact) mass is 598 g/mol. The van der Waals surface area contributed by atoms with Gasteiger partial charge in [0.05, 0.1) is 26.4 Å². The summed E-state index contributed by atoms with van der Waals surface area (Å²) in [6, 6.07) is 0. The van der Waals surface area contributed by atoms with Crippen LogP contribution in [0.4, 0.5) is 0 Å². The zero-order valence-electron chi connectivity index (χ0n) is 18.6. The molecule has 0 rings (SSSR count). The molecule has 0 aliphatic heterocycles. The lowest BCUT2D eigenvalue weighted by Crippen LogP contribution is -2.32. The van der Waals surface area contributed by atoms with Crippen LogP contribution in [-0.2, 0) is 61.1 Å². The van der Waals surface area contributed by atoms with Crippen molar-refractivity contribution >= 4 is 59.0 Å². The summed E-state index contributed by atoms with van der Waals surface area (Å²) in [6.07, 6.45) is 2.30. The van der Waals surface area contributed by atoms with Gasteiger partial charge in [-0.05, 0) is 21.6 Å². The van der Waals surface area contributed by atoms with Crippen LogP contribution in [0.15, 0.2) is 0 Å². The Labute approximate surface area is 203 Å². The highest BCUT2D eigenvalue weighted by atomic mass is 33.1. The van der Waals surface area contributed by atoms with E-state index < -0.39 is 61.5 Å². The van der Waals surface area contributed by atoms with Gasteiger partial charge in [0.1, 0.15) is 36.0 Å². The van der Waals surface area contributed by atoms with E-state index in [1.165, 1.54) is 0 Å². The third-order valence-corrected chi connectivity index (χ3v) is 8.60. The average Bonchev–Trinajstić information content (AvgIpc) is 2.56. The van der Waals surface area contributed by atoms with Crippen molar-refractivity contribution in [1.29, 1.82) is 0 Å². The molecule has 2 unspecified atom stereocenters. The maximum Gasteiger partial charge on any atom is 0.200 e. The van der Waals surface area contributed by atoms with Crippen LogP contribution in [-0.4, -0.2) is 121 Å². The maximum absolute atomic E-state index is 11.2. The van der Waals surface area contributed by atoms with Crippen molar-refractivity contribution in [2.24, 2.45) is 0 Å². The molecule has 0 aromatic rings. The van der Waals surface area contributed by atoms with Crippen molar-refractivity contribution in [2.75, 3.05) is 75.2 Å². The molecule has 0 N–H and O–H groups in total. The Morgan fingerprint density at radius 1 is 0.545 bits per heavy atom. The molecule has 13 nitrogen and oxygen atoms in total. The third-order valence-electron chi connectivity index (χ3n) is 2.94. The summed E-state index contributed by atoms with van der Waals surface area (Å²) in [5.41, 5.74) is 0. The summed E-state index contributed by atoms with van der Waals surface area (Å²) in [4.78, 5) is 0. The zero-order chi connectivity index (χ0) is 25.8. The van der Waals surface area contributed by atoms with Gasteiger partial charge in [-0.3, -0.25) is 0 Å². The van der Waals surface area contributed by atoms with Gasteiger partial charge in [0.15, 0.2) is 19.7 Å². The quantitative estimate of drug-likeness (QED) is 0.124. The van der Waals surface area contributed by atoms with E-state index >= 15 is 0 Å². The van der Waals surface area contributed by atoms with Gasteiger partial charge in [-0.2, -0.15) is 0 Å². The van der Waals surface area contributed by atoms with Crippen LogP contribution in [0, 0.1) is 0 Å². The fourth-order valence-electron chi connectivity index (χ4n) is 1.70. The SMILES string of the molecule is CS(=O)(=O)COCC(COCC(COCS(C)(=O)=O)OCSS(C)(=O)=O)OCSS(C)(=O)=O. The zero-order valence-corrected chi connectivity index (χ0v) is 23.5. The first-order valence-corrected chi connectivity index (χ1v) is 19.8. The lowest BCUT2D eigenvalue weighted by molar-refractivity contribution is -0.0761. The Bertz CT molecular complexity index is 817. The van der Waals surface area contributed by atoms with Crippen LogP contribution in [0.3, 0.4) is 0 Å². The van der Waals surface area contributed by atoms with Crippen molar-refractivity contribution in [1.82, 2.24) is 0 Å². The summed E-state index contributed by atoms with van der Waals surface area (Å²) in [5.74, 6) is -1.64. The van der Waals surface area contributed by atoms with Crippen molar-refractivity contribution < 1.29 is 57.4 Å². The maximum atomic E-state index is 11.2. The standard InChI is InChI=1S/C14H30O13S6/c1-30(15,16)11-24-7-13(26-9-28-32(3,19)20)5-23-6-14(8-25-12-31(2,17)18)27-10-29-33(4,21)22/h13-14H,5-12H2,1-4H3. The summed E-state index contributed by atoms with van der Waals surface area (Å²) >= 11 is 0. The van der Waals surface area contributed by atoms with Gasteiger partial charge in [0, 0.05) is 25.0 Å². The number of ether oxygens (including phenoxy) is 5. The van der Waals surface area contributed by atoms with E-state index in [2.05, 4.69) is 0 Å². The van der Waals surface area contributed by atoms with Crippen LogP contribution in [0.5, 0.6) is 0 Å². The molecule has 0 aliphatic carbocycles. The second kappa shape index (κ2) is 15.4. The second-order valence-electron chi connectivity index (χ2n) is 6.82. The second-order valence-corrected chi connectivity index (χ2v) is 19.8. The first-order chi connectivity index (χ1) is 14.9. The molecule has 2 atom stereocenters. The molecule has 200 valence electrons. The van der Waals surface area contributed by atoms with Crippen molar-refractivity contribution in [3.8, 4) is 0 Å². The number of sulfone groups is 2. The fraction of sp³-hybridized carbons (Fsp3) is 1.00. The smallest absolute Gasteiger partial charge is 0.200 e. The first-order valence-electron chi connectivity index (χ1n) is 8.87. The molecule has 0 aromatic heterocycles. The number of hydrogen-bond acceptors (Lipinski definition) is 15. The Hall–Kier alpha value is 0.300. The van der Waals surface area contributed by atoms with Gasteiger partial charge in [-0.15, -0.1) is 0 Å². The molecule has 0 spiro atoms. The van der Waals surface area contributed by atoms with E-state index in [1.807, 2.05) is 0 Å². The largest absolute Gasteiger partial charge is 0.376 e. The van der Waals surface area contributed by atoms with Crippen LogP contribution < -0.4 is 0 Å². The molecule has 33 heavy (non-hydrogen) atoms. The Morgan fingerprint density at radius 3 is 1.12 bits per heavy atom. The van der Waals surface area contributed by atoms with E-state index in [9.17, 15) is 33.7 Å². The van der Waals surface area contributed by atoms with Crippen LogP contribution in [0.1, 0.15) is 0 Å². The van der Waals surface area contributed by atoms with Crippen LogP contribution in [0.25, 0.3) is 0 Å². The normalized spacial score (nSPS) is 15.4. The van der Waals surface area contributed by atoms with E-state index in [0.29, 0.717) is 21.6 Å². The minimum atomic E-state index is -3.40. The van der Waals surface area contributed by atoms with Gasteiger partial charge < -0.3 is 23.7 Å². The molecule has 0 amide bonds. The van der Waals surface area contributed by atoms with Gasteiger partial charge in [-0.25, -0.2) is 33.7 Å². The van der Waals surface area contributed by atoms with E-state index in [0.717, 1.165) is 25.0 Å². The Morgan fingerprint density at radius 2 is 0.848 bits per heavy atom. The number of hydrogen-bond donors (Lipinski definition) is 0. The minimum Gasteiger partial charge on any atom is -0.376 e. The van der Waals surface area contributed by atoms with Crippen LogP contribution >= 0.6 is 21.6 Å². The van der Waals surface area contributed by atoms with Crippen molar-refractivity contribution in [2.45, 2.75) is 12.2 Å². The summed E-state index contributed by atoms with van der Waals surface area (Å²) in [6.45, 7) is -0.729.